The van der Waals surface area contributed by atoms with Crippen molar-refractivity contribution >= 4 is 16.7 Å². The molecule has 0 fully saturated rings. The van der Waals surface area contributed by atoms with E-state index in [4.69, 9.17) is 4.42 Å². The molecule has 1 heterocycles. The van der Waals surface area contributed by atoms with E-state index in [-0.39, 0.29) is 0 Å². The van der Waals surface area contributed by atoms with E-state index in [1.54, 1.807) is 0 Å². The largest absolute Gasteiger partial charge is 0.461 e. The zero-order valence-electron chi connectivity index (χ0n) is 12.9. The molecule has 1 aliphatic rings. The van der Waals surface area contributed by atoms with E-state index in [0.29, 0.717) is 6.04 Å². The summed E-state index contributed by atoms with van der Waals surface area (Å²) in [6, 6.07) is 17.3. The van der Waals surface area contributed by atoms with Crippen molar-refractivity contribution < 1.29 is 4.42 Å². The first kappa shape index (κ1) is 13.4. The second kappa shape index (κ2) is 5.53. The zero-order chi connectivity index (χ0) is 14.9. The molecule has 0 spiro atoms. The molecule has 0 saturated carbocycles. The molecule has 1 aliphatic carbocycles. The van der Waals surface area contributed by atoms with Crippen molar-refractivity contribution in [1.82, 2.24) is 0 Å². The molecule has 0 amide bonds. The fourth-order valence-corrected chi connectivity index (χ4v) is 3.43. The fourth-order valence-electron chi connectivity index (χ4n) is 3.43. The lowest BCUT2D eigenvalue weighted by Crippen LogP contribution is -2.06. The molecular formula is C20H21NO. The minimum Gasteiger partial charge on any atom is -0.461 e. The molecule has 0 radical (unpaired) electrons. The first-order valence-corrected chi connectivity index (χ1v) is 8.17. The normalized spacial score (nSPS) is 15.5. The number of rotatable bonds is 3. The number of anilines is 1. The standard InChI is InChI=1S/C20H21NO/c1-14(15-7-3-2-4-8-15)21-16-11-12-20-18(13-16)17-9-5-6-10-19(17)22-20/h2-4,7-8,11-14,21H,5-6,9-10H2,1H3/t14-/m1/s1. The van der Waals surface area contributed by atoms with Gasteiger partial charge in [0.25, 0.3) is 0 Å². The van der Waals surface area contributed by atoms with E-state index in [0.717, 1.165) is 24.1 Å². The smallest absolute Gasteiger partial charge is 0.134 e. The second-order valence-corrected chi connectivity index (χ2v) is 6.20. The molecular weight excluding hydrogens is 270 g/mol. The number of furan rings is 1. The number of aryl methyl sites for hydroxylation is 2. The van der Waals surface area contributed by atoms with Crippen LogP contribution in [0.3, 0.4) is 0 Å². The van der Waals surface area contributed by atoms with E-state index in [1.807, 2.05) is 0 Å². The summed E-state index contributed by atoms with van der Waals surface area (Å²) in [5.74, 6) is 1.20. The van der Waals surface area contributed by atoms with Gasteiger partial charge < -0.3 is 9.73 Å². The Morgan fingerprint density at radius 2 is 1.82 bits per heavy atom. The van der Waals surface area contributed by atoms with Gasteiger partial charge in [-0.15, -0.1) is 0 Å². The minimum absolute atomic E-state index is 0.293. The third kappa shape index (κ3) is 2.39. The Labute approximate surface area is 131 Å². The topological polar surface area (TPSA) is 25.2 Å². The lowest BCUT2D eigenvalue weighted by molar-refractivity contribution is 0.506. The van der Waals surface area contributed by atoms with E-state index < -0.39 is 0 Å². The van der Waals surface area contributed by atoms with Crippen LogP contribution in [0.15, 0.2) is 52.9 Å². The van der Waals surface area contributed by atoms with Gasteiger partial charge in [-0.2, -0.15) is 0 Å². The highest BCUT2D eigenvalue weighted by molar-refractivity contribution is 5.86. The third-order valence-electron chi connectivity index (χ3n) is 4.64. The van der Waals surface area contributed by atoms with Gasteiger partial charge in [-0.05, 0) is 49.9 Å². The van der Waals surface area contributed by atoms with Gasteiger partial charge in [0.05, 0.1) is 0 Å². The SMILES string of the molecule is C[C@@H](Nc1ccc2oc3c(c2c1)CCCC3)c1ccccc1. The quantitative estimate of drug-likeness (QED) is 0.690. The van der Waals surface area contributed by atoms with Crippen molar-refractivity contribution in [3.63, 3.8) is 0 Å². The van der Waals surface area contributed by atoms with Gasteiger partial charge in [-0.3, -0.25) is 0 Å². The Morgan fingerprint density at radius 1 is 1.00 bits per heavy atom. The van der Waals surface area contributed by atoms with Gasteiger partial charge in [-0.1, -0.05) is 30.3 Å². The van der Waals surface area contributed by atoms with Crippen LogP contribution < -0.4 is 5.32 Å². The summed E-state index contributed by atoms with van der Waals surface area (Å²) in [6.45, 7) is 2.20. The highest BCUT2D eigenvalue weighted by Gasteiger charge is 2.18. The van der Waals surface area contributed by atoms with Gasteiger partial charge in [0.2, 0.25) is 0 Å². The van der Waals surface area contributed by atoms with Gasteiger partial charge in [0.1, 0.15) is 11.3 Å². The summed E-state index contributed by atoms with van der Waals surface area (Å²) in [4.78, 5) is 0. The van der Waals surface area contributed by atoms with Crippen LogP contribution in [0.5, 0.6) is 0 Å². The molecule has 112 valence electrons. The number of nitrogens with one attached hydrogen (secondary N) is 1. The van der Waals surface area contributed by atoms with Crippen molar-refractivity contribution in [3.05, 3.63) is 65.4 Å². The Kier molecular flexibility index (Phi) is 3.38. The molecule has 0 aliphatic heterocycles. The van der Waals surface area contributed by atoms with Crippen LogP contribution >= 0.6 is 0 Å². The number of hydrogen-bond acceptors (Lipinski definition) is 2. The fraction of sp³-hybridized carbons (Fsp3) is 0.300. The Morgan fingerprint density at radius 3 is 2.68 bits per heavy atom. The van der Waals surface area contributed by atoms with E-state index >= 15 is 0 Å². The predicted octanol–water partition coefficient (Wildman–Crippen LogP) is 5.48. The van der Waals surface area contributed by atoms with Gasteiger partial charge in [0.15, 0.2) is 0 Å². The Balaban J connectivity index is 1.65. The van der Waals surface area contributed by atoms with Crippen molar-refractivity contribution in [2.45, 2.75) is 38.6 Å². The maximum absolute atomic E-state index is 6.01. The molecule has 3 aromatic rings. The minimum atomic E-state index is 0.293. The monoisotopic (exact) mass is 291 g/mol. The predicted molar refractivity (Wildman–Crippen MR) is 91.3 cm³/mol. The second-order valence-electron chi connectivity index (χ2n) is 6.20. The van der Waals surface area contributed by atoms with Crippen molar-refractivity contribution in [2.75, 3.05) is 5.32 Å². The van der Waals surface area contributed by atoms with Gasteiger partial charge in [-0.25, -0.2) is 0 Å². The molecule has 2 aromatic carbocycles. The van der Waals surface area contributed by atoms with Crippen LogP contribution in [0.25, 0.3) is 11.0 Å². The number of fused-ring (bicyclic) bond motifs is 3. The molecule has 0 saturated heterocycles. The Bertz CT molecular complexity index is 788. The van der Waals surface area contributed by atoms with Crippen molar-refractivity contribution in [1.29, 1.82) is 0 Å². The van der Waals surface area contributed by atoms with E-state index in [9.17, 15) is 0 Å². The van der Waals surface area contributed by atoms with E-state index in [1.165, 1.54) is 35.1 Å². The van der Waals surface area contributed by atoms with Crippen LogP contribution in [0.1, 0.15) is 42.7 Å². The number of benzene rings is 2. The van der Waals surface area contributed by atoms with Crippen LogP contribution in [-0.2, 0) is 12.8 Å². The molecule has 0 unspecified atom stereocenters. The van der Waals surface area contributed by atoms with Crippen molar-refractivity contribution in [2.24, 2.45) is 0 Å². The molecule has 4 rings (SSSR count). The van der Waals surface area contributed by atoms with Crippen LogP contribution in [0.4, 0.5) is 5.69 Å². The highest BCUT2D eigenvalue weighted by Crippen LogP contribution is 2.34. The van der Waals surface area contributed by atoms with Crippen LogP contribution in [-0.4, -0.2) is 0 Å². The number of hydrogen-bond donors (Lipinski definition) is 1. The maximum Gasteiger partial charge on any atom is 0.134 e. The summed E-state index contributed by atoms with van der Waals surface area (Å²) in [6.07, 6.45) is 4.77. The van der Waals surface area contributed by atoms with Gasteiger partial charge >= 0.3 is 0 Å². The molecule has 2 heteroatoms. The maximum atomic E-state index is 6.01. The zero-order valence-corrected chi connectivity index (χ0v) is 12.9. The summed E-state index contributed by atoms with van der Waals surface area (Å²) in [7, 11) is 0. The van der Waals surface area contributed by atoms with E-state index in [2.05, 4.69) is 60.8 Å². The van der Waals surface area contributed by atoms with Crippen LogP contribution in [0, 0.1) is 0 Å². The lowest BCUT2D eigenvalue weighted by Gasteiger charge is -2.16. The summed E-state index contributed by atoms with van der Waals surface area (Å²) < 4.78 is 6.01. The summed E-state index contributed by atoms with van der Waals surface area (Å²) >= 11 is 0. The molecule has 1 aromatic heterocycles. The molecule has 0 bridgehead atoms. The molecule has 22 heavy (non-hydrogen) atoms. The average molecular weight is 291 g/mol. The average Bonchev–Trinajstić information content (AvgIpc) is 2.94. The third-order valence-corrected chi connectivity index (χ3v) is 4.64. The first-order valence-electron chi connectivity index (χ1n) is 8.17. The van der Waals surface area contributed by atoms with Crippen molar-refractivity contribution in [3.8, 4) is 0 Å². The highest BCUT2D eigenvalue weighted by atomic mass is 16.3. The van der Waals surface area contributed by atoms with Gasteiger partial charge in [0, 0.05) is 29.1 Å². The summed E-state index contributed by atoms with van der Waals surface area (Å²) in [5.41, 5.74) is 4.93. The summed E-state index contributed by atoms with van der Waals surface area (Å²) in [5, 5.41) is 4.90. The molecule has 1 atom stereocenters. The lowest BCUT2D eigenvalue weighted by atomic mass is 9.96. The first-order chi connectivity index (χ1) is 10.8. The molecule has 1 N–H and O–H groups in total. The van der Waals surface area contributed by atoms with Crippen LogP contribution in [0.2, 0.25) is 0 Å². The Hall–Kier alpha value is -2.22. The molecule has 2 nitrogen and oxygen atoms in total.